The maximum atomic E-state index is 13.2. The molecule has 11 heteroatoms. The summed E-state index contributed by atoms with van der Waals surface area (Å²) >= 11 is 0. The number of aromatic nitrogens is 1. The third kappa shape index (κ3) is 5.96. The van der Waals surface area contributed by atoms with Gasteiger partial charge in [-0.1, -0.05) is 5.16 Å². The molecule has 2 aliphatic heterocycles. The molecule has 0 bridgehead atoms. The number of nitrogens with one attached hydrogen (secondary N) is 1. The second-order valence-electron chi connectivity index (χ2n) is 8.74. The van der Waals surface area contributed by atoms with Crippen LogP contribution in [0.4, 0.5) is 5.69 Å². The molecular weight excluding hydrogens is 458 g/mol. The van der Waals surface area contributed by atoms with Crippen LogP contribution < -0.4 is 10.1 Å². The Morgan fingerprint density at radius 3 is 2.44 bits per heavy atom. The van der Waals surface area contributed by atoms with E-state index in [0.717, 1.165) is 57.0 Å². The van der Waals surface area contributed by atoms with Gasteiger partial charge in [-0.25, -0.2) is 8.42 Å². The molecule has 1 aromatic heterocycles. The van der Waals surface area contributed by atoms with Gasteiger partial charge >= 0.3 is 0 Å². The molecule has 3 heterocycles. The number of anilines is 1. The number of nitrogens with zero attached hydrogens (tertiary/aromatic N) is 4. The van der Waals surface area contributed by atoms with E-state index in [4.69, 9.17) is 9.26 Å². The van der Waals surface area contributed by atoms with Crippen molar-refractivity contribution in [1.82, 2.24) is 19.3 Å². The van der Waals surface area contributed by atoms with Crippen LogP contribution in [0.2, 0.25) is 0 Å². The van der Waals surface area contributed by atoms with Gasteiger partial charge < -0.3 is 14.6 Å². The van der Waals surface area contributed by atoms with Crippen LogP contribution in [0.25, 0.3) is 0 Å². The lowest BCUT2D eigenvalue weighted by Gasteiger charge is -2.33. The van der Waals surface area contributed by atoms with E-state index < -0.39 is 10.0 Å². The minimum atomic E-state index is -3.68. The zero-order valence-corrected chi connectivity index (χ0v) is 20.6. The number of sulfonamides is 1. The predicted octanol–water partition coefficient (Wildman–Crippen LogP) is 1.92. The first-order valence-electron chi connectivity index (χ1n) is 11.8. The third-order valence-electron chi connectivity index (χ3n) is 6.10. The van der Waals surface area contributed by atoms with Gasteiger partial charge in [0.25, 0.3) is 0 Å². The van der Waals surface area contributed by atoms with Crippen LogP contribution in [0.5, 0.6) is 5.75 Å². The number of benzene rings is 1. The van der Waals surface area contributed by atoms with E-state index in [9.17, 15) is 13.2 Å². The first kappa shape index (κ1) is 24.6. The lowest BCUT2D eigenvalue weighted by Crippen LogP contribution is -2.48. The molecule has 1 aromatic carbocycles. The summed E-state index contributed by atoms with van der Waals surface area (Å²) in [7, 11) is -3.68. The fourth-order valence-corrected chi connectivity index (χ4v) is 6.03. The summed E-state index contributed by atoms with van der Waals surface area (Å²) in [5.41, 5.74) is 1.37. The number of hydrogen-bond acceptors (Lipinski definition) is 8. The van der Waals surface area contributed by atoms with E-state index in [2.05, 4.69) is 20.3 Å². The molecule has 0 saturated carbocycles. The van der Waals surface area contributed by atoms with Crippen LogP contribution in [0.1, 0.15) is 31.2 Å². The van der Waals surface area contributed by atoms with E-state index in [0.29, 0.717) is 31.1 Å². The molecule has 0 aliphatic carbocycles. The van der Waals surface area contributed by atoms with Gasteiger partial charge in [-0.15, -0.1) is 0 Å². The summed E-state index contributed by atoms with van der Waals surface area (Å²) in [6.07, 6.45) is 1.70. The normalized spacial score (nSPS) is 18.3. The lowest BCUT2D eigenvalue weighted by atomic mass is 10.2. The first-order chi connectivity index (χ1) is 16.3. The number of piperazine rings is 1. The molecule has 186 valence electrons. The number of rotatable bonds is 9. The summed E-state index contributed by atoms with van der Waals surface area (Å²) in [6, 6.07) is 6.75. The molecule has 4 rings (SSSR count). The van der Waals surface area contributed by atoms with Gasteiger partial charge in [0.15, 0.2) is 0 Å². The van der Waals surface area contributed by atoms with Crippen molar-refractivity contribution in [3.05, 3.63) is 35.7 Å². The highest BCUT2D eigenvalue weighted by atomic mass is 32.2. The van der Waals surface area contributed by atoms with Crippen molar-refractivity contribution in [3.8, 4) is 5.75 Å². The van der Waals surface area contributed by atoms with Crippen LogP contribution >= 0.6 is 0 Å². The van der Waals surface area contributed by atoms with E-state index >= 15 is 0 Å². The molecule has 2 fully saturated rings. The Morgan fingerprint density at radius 2 is 1.79 bits per heavy atom. The molecule has 0 unspecified atom stereocenters. The molecule has 2 aliphatic rings. The zero-order valence-electron chi connectivity index (χ0n) is 19.8. The molecule has 10 nitrogen and oxygen atoms in total. The Hall–Kier alpha value is -2.47. The molecule has 34 heavy (non-hydrogen) atoms. The van der Waals surface area contributed by atoms with Gasteiger partial charge in [0.05, 0.1) is 18.8 Å². The van der Waals surface area contributed by atoms with Gasteiger partial charge in [-0.2, -0.15) is 4.31 Å². The van der Waals surface area contributed by atoms with Crippen molar-refractivity contribution in [2.24, 2.45) is 0 Å². The van der Waals surface area contributed by atoms with Crippen molar-refractivity contribution < 1.29 is 22.5 Å². The van der Waals surface area contributed by atoms with Crippen molar-refractivity contribution >= 4 is 21.6 Å². The second kappa shape index (κ2) is 10.9. The fraction of sp³-hybridized carbons (Fsp3) is 0.565. The molecule has 2 aromatic rings. The summed E-state index contributed by atoms with van der Waals surface area (Å²) in [4.78, 5) is 17.2. The standard InChI is InChI=1S/C23H33N5O5S/c1-3-32-21-7-6-19(15-22(21)34(30,31)28-8-4-5-9-28)24-23(29)17-27-12-10-26(11-13-27)16-20-14-18(2)33-25-20/h6-7,14-15H,3-5,8-13,16-17H2,1-2H3,(H,24,29). The Labute approximate surface area is 200 Å². The van der Waals surface area contributed by atoms with E-state index in [1.807, 2.05) is 19.9 Å². The summed E-state index contributed by atoms with van der Waals surface area (Å²) in [6.45, 7) is 9.24. The summed E-state index contributed by atoms with van der Waals surface area (Å²) in [5.74, 6) is 0.941. The number of aryl methyl sites for hydroxylation is 1. The number of amides is 1. The van der Waals surface area contributed by atoms with Crippen LogP contribution in [0.15, 0.2) is 33.7 Å². The van der Waals surface area contributed by atoms with Crippen LogP contribution in [-0.4, -0.2) is 86.0 Å². The largest absolute Gasteiger partial charge is 0.492 e. The highest BCUT2D eigenvalue weighted by Gasteiger charge is 2.30. The Balaban J connectivity index is 1.34. The van der Waals surface area contributed by atoms with Crippen LogP contribution in [0.3, 0.4) is 0 Å². The average Bonchev–Trinajstić information content (AvgIpc) is 3.49. The van der Waals surface area contributed by atoms with Gasteiger partial charge in [0.2, 0.25) is 15.9 Å². The second-order valence-corrected chi connectivity index (χ2v) is 10.6. The fourth-order valence-electron chi connectivity index (χ4n) is 4.36. The minimum absolute atomic E-state index is 0.103. The van der Waals surface area contributed by atoms with E-state index in [1.165, 1.54) is 10.4 Å². The molecule has 2 saturated heterocycles. The minimum Gasteiger partial charge on any atom is -0.492 e. The average molecular weight is 492 g/mol. The van der Waals surface area contributed by atoms with Gasteiger partial charge in [0.1, 0.15) is 16.4 Å². The third-order valence-corrected chi connectivity index (χ3v) is 8.02. The summed E-state index contributed by atoms with van der Waals surface area (Å²) in [5, 5.41) is 6.90. The Morgan fingerprint density at radius 1 is 1.09 bits per heavy atom. The Kier molecular flexibility index (Phi) is 7.87. The predicted molar refractivity (Wildman–Crippen MR) is 127 cm³/mol. The van der Waals surface area contributed by atoms with Crippen molar-refractivity contribution in [2.75, 3.05) is 57.7 Å². The maximum absolute atomic E-state index is 13.2. The molecule has 0 atom stereocenters. The maximum Gasteiger partial charge on any atom is 0.246 e. The van der Waals surface area contributed by atoms with Gasteiger partial charge in [0, 0.05) is 57.6 Å². The monoisotopic (exact) mass is 491 g/mol. The smallest absolute Gasteiger partial charge is 0.246 e. The van der Waals surface area contributed by atoms with Crippen molar-refractivity contribution in [1.29, 1.82) is 0 Å². The summed E-state index contributed by atoms with van der Waals surface area (Å²) < 4.78 is 38.5. The van der Waals surface area contributed by atoms with E-state index in [-0.39, 0.29) is 17.3 Å². The zero-order chi connectivity index (χ0) is 24.1. The topological polar surface area (TPSA) is 108 Å². The lowest BCUT2D eigenvalue weighted by molar-refractivity contribution is -0.117. The molecule has 1 N–H and O–H groups in total. The quantitative estimate of drug-likeness (QED) is 0.567. The van der Waals surface area contributed by atoms with Gasteiger partial charge in [-0.05, 0) is 44.9 Å². The number of carbonyl (C=O) groups is 1. The number of carbonyl (C=O) groups excluding carboxylic acids is 1. The molecule has 0 spiro atoms. The van der Waals surface area contributed by atoms with Gasteiger partial charge in [-0.3, -0.25) is 14.6 Å². The van der Waals surface area contributed by atoms with E-state index in [1.54, 1.807) is 12.1 Å². The highest BCUT2D eigenvalue weighted by Crippen LogP contribution is 2.31. The molecular formula is C23H33N5O5S. The number of ether oxygens (including phenoxy) is 1. The molecule has 1 amide bonds. The Bertz CT molecular complexity index is 1090. The first-order valence-corrected chi connectivity index (χ1v) is 13.2. The number of hydrogen-bond donors (Lipinski definition) is 1. The SMILES string of the molecule is CCOc1ccc(NC(=O)CN2CCN(Cc3cc(C)on3)CC2)cc1S(=O)(=O)N1CCCC1. The van der Waals surface area contributed by atoms with Crippen molar-refractivity contribution in [3.63, 3.8) is 0 Å². The molecule has 0 radical (unpaired) electrons. The van der Waals surface area contributed by atoms with Crippen LogP contribution in [-0.2, 0) is 21.4 Å². The van der Waals surface area contributed by atoms with Crippen molar-refractivity contribution in [2.45, 2.75) is 38.1 Å². The van der Waals surface area contributed by atoms with Crippen LogP contribution in [0, 0.1) is 6.92 Å². The highest BCUT2D eigenvalue weighted by molar-refractivity contribution is 7.89.